The van der Waals surface area contributed by atoms with Crippen LogP contribution in [0.4, 0.5) is 0 Å². The first-order chi connectivity index (χ1) is 12.1. The number of amides is 1. The lowest BCUT2D eigenvalue weighted by Crippen LogP contribution is -2.52. The molecule has 0 N–H and O–H groups in total. The van der Waals surface area contributed by atoms with Crippen molar-refractivity contribution in [2.24, 2.45) is 0 Å². The minimum atomic E-state index is -0.481. The van der Waals surface area contributed by atoms with Crippen molar-refractivity contribution in [3.63, 3.8) is 0 Å². The van der Waals surface area contributed by atoms with Crippen LogP contribution < -0.4 is 4.74 Å². The Morgan fingerprint density at radius 3 is 2.52 bits per heavy atom. The van der Waals surface area contributed by atoms with E-state index in [1.54, 1.807) is 0 Å². The molecule has 0 unspecified atom stereocenters. The average molecular weight is 400 g/mol. The van der Waals surface area contributed by atoms with Crippen molar-refractivity contribution in [1.82, 2.24) is 4.90 Å². The summed E-state index contributed by atoms with van der Waals surface area (Å²) in [6.07, 6.45) is 1.73. The van der Waals surface area contributed by atoms with E-state index in [9.17, 15) is 9.59 Å². The van der Waals surface area contributed by atoms with Gasteiger partial charge in [-0.05, 0) is 30.3 Å². The second-order valence-corrected chi connectivity index (χ2v) is 7.60. The molecule has 0 bridgehead atoms. The maximum atomic E-state index is 12.6. The van der Waals surface area contributed by atoms with Crippen LogP contribution >= 0.6 is 15.9 Å². The molecule has 1 saturated heterocycles. The summed E-state index contributed by atoms with van der Waals surface area (Å²) in [5.74, 6) is 0.814. The number of hydrogen-bond donors (Lipinski definition) is 0. The smallest absolute Gasteiger partial charge is 0.253 e. The van der Waals surface area contributed by atoms with Crippen molar-refractivity contribution in [2.45, 2.75) is 24.9 Å². The summed E-state index contributed by atoms with van der Waals surface area (Å²) >= 11 is 3.40. The monoisotopic (exact) mass is 399 g/mol. The Bertz CT molecular complexity index is 826. The van der Waals surface area contributed by atoms with Gasteiger partial charge in [0, 0.05) is 36.0 Å². The van der Waals surface area contributed by atoms with Crippen LogP contribution in [0.5, 0.6) is 5.75 Å². The summed E-state index contributed by atoms with van der Waals surface area (Å²) in [5, 5.41) is 0. The number of ether oxygens (including phenoxy) is 1. The third-order valence-electron chi connectivity index (χ3n) is 5.03. The van der Waals surface area contributed by atoms with E-state index in [0.29, 0.717) is 49.2 Å². The van der Waals surface area contributed by atoms with E-state index in [-0.39, 0.29) is 11.7 Å². The van der Waals surface area contributed by atoms with Gasteiger partial charge in [0.2, 0.25) is 0 Å². The number of piperidine rings is 1. The fourth-order valence-electron chi connectivity index (χ4n) is 3.63. The first-order valence-electron chi connectivity index (χ1n) is 8.42. The van der Waals surface area contributed by atoms with Gasteiger partial charge >= 0.3 is 0 Å². The largest absolute Gasteiger partial charge is 0.486 e. The van der Waals surface area contributed by atoms with Crippen LogP contribution in [0.3, 0.4) is 0 Å². The third kappa shape index (κ3) is 3.09. The highest BCUT2D eigenvalue weighted by Crippen LogP contribution is 2.40. The molecule has 2 aliphatic heterocycles. The maximum absolute atomic E-state index is 12.6. The Morgan fingerprint density at radius 1 is 1.08 bits per heavy atom. The molecule has 2 heterocycles. The molecular weight excluding hydrogens is 382 g/mol. The number of benzene rings is 2. The standard InChI is InChI=1S/C20H18BrNO3/c21-15-6-7-18-16(12-15)17(23)13-20(25-18)8-10-22(11-9-20)19(24)14-4-2-1-3-5-14/h1-7,12H,8-11,13H2. The first-order valence-corrected chi connectivity index (χ1v) is 9.22. The van der Waals surface area contributed by atoms with Crippen molar-refractivity contribution in [3.8, 4) is 5.75 Å². The van der Waals surface area contributed by atoms with Crippen molar-refractivity contribution in [2.75, 3.05) is 13.1 Å². The summed E-state index contributed by atoms with van der Waals surface area (Å²) < 4.78 is 7.12. The highest BCUT2D eigenvalue weighted by Gasteiger charge is 2.43. The number of fused-ring (bicyclic) bond motifs is 1. The molecule has 1 amide bonds. The molecule has 2 aromatic rings. The average Bonchev–Trinajstić information content (AvgIpc) is 2.63. The zero-order chi connectivity index (χ0) is 17.4. The van der Waals surface area contributed by atoms with Crippen LogP contribution in [-0.2, 0) is 0 Å². The molecule has 1 spiro atoms. The number of likely N-dealkylation sites (tertiary alicyclic amines) is 1. The molecule has 4 rings (SSSR count). The van der Waals surface area contributed by atoms with Crippen molar-refractivity contribution >= 4 is 27.6 Å². The van der Waals surface area contributed by atoms with Gasteiger partial charge in [0.1, 0.15) is 11.4 Å². The quantitative estimate of drug-likeness (QED) is 0.725. The molecule has 0 aromatic heterocycles. The lowest BCUT2D eigenvalue weighted by molar-refractivity contribution is -0.00572. The summed E-state index contributed by atoms with van der Waals surface area (Å²) in [4.78, 5) is 27.0. The summed E-state index contributed by atoms with van der Waals surface area (Å²) in [6, 6.07) is 14.9. The SMILES string of the molecule is O=C1CC2(CCN(C(=O)c3ccccc3)CC2)Oc2ccc(Br)cc21. The Hall–Kier alpha value is -2.14. The summed E-state index contributed by atoms with van der Waals surface area (Å²) in [7, 11) is 0. The molecule has 0 saturated carbocycles. The Kier molecular flexibility index (Phi) is 4.12. The van der Waals surface area contributed by atoms with Gasteiger partial charge in [-0.25, -0.2) is 0 Å². The van der Waals surface area contributed by atoms with Crippen LogP contribution in [0.25, 0.3) is 0 Å². The van der Waals surface area contributed by atoms with Gasteiger partial charge in [0.25, 0.3) is 5.91 Å². The van der Waals surface area contributed by atoms with E-state index < -0.39 is 5.60 Å². The second kappa shape index (κ2) is 6.30. The summed E-state index contributed by atoms with van der Waals surface area (Å²) in [5.41, 5.74) is 0.864. The third-order valence-corrected chi connectivity index (χ3v) is 5.53. The van der Waals surface area contributed by atoms with E-state index in [1.165, 1.54) is 0 Å². The highest BCUT2D eigenvalue weighted by atomic mass is 79.9. The minimum Gasteiger partial charge on any atom is -0.486 e. The summed E-state index contributed by atoms with van der Waals surface area (Å²) in [6.45, 7) is 1.21. The van der Waals surface area contributed by atoms with Gasteiger partial charge in [-0.2, -0.15) is 0 Å². The highest BCUT2D eigenvalue weighted by molar-refractivity contribution is 9.10. The number of ketones is 1. The molecule has 0 atom stereocenters. The minimum absolute atomic E-state index is 0.0434. The van der Waals surface area contributed by atoms with Gasteiger partial charge in [-0.1, -0.05) is 34.1 Å². The zero-order valence-corrected chi connectivity index (χ0v) is 15.3. The van der Waals surface area contributed by atoms with Crippen molar-refractivity contribution in [3.05, 3.63) is 64.1 Å². The Morgan fingerprint density at radius 2 is 1.80 bits per heavy atom. The van der Waals surface area contributed by atoms with E-state index in [0.717, 1.165) is 4.47 Å². The fraction of sp³-hybridized carbons (Fsp3) is 0.300. The second-order valence-electron chi connectivity index (χ2n) is 6.68. The number of nitrogens with zero attached hydrogens (tertiary/aromatic N) is 1. The molecule has 128 valence electrons. The lowest BCUT2D eigenvalue weighted by atomic mass is 9.82. The fourth-order valence-corrected chi connectivity index (χ4v) is 3.99. The van der Waals surface area contributed by atoms with E-state index in [2.05, 4.69) is 15.9 Å². The number of halogens is 1. The molecule has 1 fully saturated rings. The van der Waals surface area contributed by atoms with Crippen molar-refractivity contribution < 1.29 is 14.3 Å². The Labute approximate surface area is 154 Å². The van der Waals surface area contributed by atoms with Gasteiger partial charge < -0.3 is 9.64 Å². The maximum Gasteiger partial charge on any atom is 0.253 e. The number of Topliss-reactive ketones (excluding diaryl/α,β-unsaturated/α-hetero) is 1. The molecule has 5 heteroatoms. The molecule has 2 aliphatic rings. The lowest BCUT2D eigenvalue weighted by Gasteiger charge is -2.44. The van der Waals surface area contributed by atoms with E-state index in [1.807, 2.05) is 53.4 Å². The predicted molar refractivity (Wildman–Crippen MR) is 98.0 cm³/mol. The van der Waals surface area contributed by atoms with Crippen LogP contribution in [0.1, 0.15) is 40.0 Å². The van der Waals surface area contributed by atoms with Gasteiger partial charge in [0.15, 0.2) is 5.78 Å². The van der Waals surface area contributed by atoms with Gasteiger partial charge in [-0.3, -0.25) is 9.59 Å². The molecule has 0 radical (unpaired) electrons. The number of rotatable bonds is 1. The van der Waals surface area contributed by atoms with Gasteiger partial charge in [-0.15, -0.1) is 0 Å². The molecule has 25 heavy (non-hydrogen) atoms. The normalized spacial score (nSPS) is 18.6. The van der Waals surface area contributed by atoms with Crippen LogP contribution in [0.2, 0.25) is 0 Å². The number of carbonyl (C=O) groups excluding carboxylic acids is 2. The molecule has 2 aromatic carbocycles. The van der Waals surface area contributed by atoms with E-state index in [4.69, 9.17) is 4.74 Å². The van der Waals surface area contributed by atoms with E-state index >= 15 is 0 Å². The Balaban J connectivity index is 1.49. The number of hydrogen-bond acceptors (Lipinski definition) is 3. The van der Waals surface area contributed by atoms with Crippen LogP contribution in [-0.4, -0.2) is 35.3 Å². The number of carbonyl (C=O) groups is 2. The van der Waals surface area contributed by atoms with Crippen LogP contribution in [0, 0.1) is 0 Å². The first kappa shape index (κ1) is 16.3. The van der Waals surface area contributed by atoms with Crippen LogP contribution in [0.15, 0.2) is 53.0 Å². The molecule has 4 nitrogen and oxygen atoms in total. The zero-order valence-electron chi connectivity index (χ0n) is 13.7. The van der Waals surface area contributed by atoms with Crippen molar-refractivity contribution in [1.29, 1.82) is 0 Å². The topological polar surface area (TPSA) is 46.6 Å². The predicted octanol–water partition coefficient (Wildman–Crippen LogP) is 4.09. The molecule has 0 aliphatic carbocycles. The molecular formula is C20H18BrNO3. The van der Waals surface area contributed by atoms with Gasteiger partial charge in [0.05, 0.1) is 12.0 Å².